The molecule has 0 amide bonds. The van der Waals surface area contributed by atoms with Crippen molar-refractivity contribution < 1.29 is 0 Å². The first-order chi connectivity index (χ1) is 8.74. The Balaban J connectivity index is 1.90. The van der Waals surface area contributed by atoms with Gasteiger partial charge in [-0.3, -0.25) is 0 Å². The average molecular weight is 250 g/mol. The van der Waals surface area contributed by atoms with Gasteiger partial charge in [0, 0.05) is 0 Å². The Hall–Kier alpha value is 0. The van der Waals surface area contributed by atoms with Crippen molar-refractivity contribution >= 4 is 0 Å². The molecule has 2 aliphatic rings. The minimum absolute atomic E-state index is 0.808. The van der Waals surface area contributed by atoms with Crippen LogP contribution < -0.4 is 0 Å². The third-order valence-electron chi connectivity index (χ3n) is 6.12. The van der Waals surface area contributed by atoms with E-state index in [1.54, 1.807) is 19.3 Å². The normalized spacial score (nSPS) is 39.8. The molecule has 0 radical (unpaired) electrons. The van der Waals surface area contributed by atoms with Crippen molar-refractivity contribution in [1.82, 2.24) is 0 Å². The first-order valence-corrected chi connectivity index (χ1v) is 8.74. The van der Waals surface area contributed by atoms with Crippen LogP contribution in [0.25, 0.3) is 0 Å². The van der Waals surface area contributed by atoms with Gasteiger partial charge in [-0.25, -0.2) is 0 Å². The van der Waals surface area contributed by atoms with Gasteiger partial charge >= 0.3 is 0 Å². The fourth-order valence-electron chi connectivity index (χ4n) is 4.95. The zero-order valence-corrected chi connectivity index (χ0v) is 13.0. The van der Waals surface area contributed by atoms with E-state index in [9.17, 15) is 0 Å². The van der Waals surface area contributed by atoms with Gasteiger partial charge < -0.3 is 0 Å². The van der Waals surface area contributed by atoms with Gasteiger partial charge in [0.2, 0.25) is 0 Å². The second kappa shape index (κ2) is 6.44. The van der Waals surface area contributed by atoms with Crippen LogP contribution in [-0.2, 0) is 0 Å². The molecule has 4 atom stereocenters. The van der Waals surface area contributed by atoms with Gasteiger partial charge in [-0.2, -0.15) is 0 Å². The molecule has 0 N–H and O–H groups in total. The monoisotopic (exact) mass is 250 g/mol. The molecule has 2 saturated carbocycles. The summed E-state index contributed by atoms with van der Waals surface area (Å²) in [6.07, 6.45) is 16.5. The molecule has 2 fully saturated rings. The van der Waals surface area contributed by atoms with Gasteiger partial charge in [-0.15, -0.1) is 0 Å². The second-order valence-corrected chi connectivity index (χ2v) is 7.22. The van der Waals surface area contributed by atoms with Crippen molar-refractivity contribution in [2.75, 3.05) is 0 Å². The van der Waals surface area contributed by atoms with Crippen molar-refractivity contribution in [3.8, 4) is 0 Å². The summed E-state index contributed by atoms with van der Waals surface area (Å²) in [5.74, 6) is 3.18. The van der Waals surface area contributed by atoms with Gasteiger partial charge in [0.05, 0.1) is 0 Å². The molecule has 0 spiro atoms. The predicted molar refractivity (Wildman–Crippen MR) is 80.7 cm³/mol. The summed E-state index contributed by atoms with van der Waals surface area (Å²) in [4.78, 5) is 0. The van der Waals surface area contributed by atoms with Gasteiger partial charge in [-0.1, -0.05) is 72.1 Å². The quantitative estimate of drug-likeness (QED) is 0.472. The second-order valence-electron chi connectivity index (χ2n) is 7.22. The Bertz CT molecular complexity index is 244. The van der Waals surface area contributed by atoms with Crippen LogP contribution in [0.1, 0.15) is 91.4 Å². The highest BCUT2D eigenvalue weighted by Crippen LogP contribution is 2.66. The fourth-order valence-corrected chi connectivity index (χ4v) is 4.95. The molecular weight excluding hydrogens is 216 g/mol. The highest BCUT2D eigenvalue weighted by molar-refractivity contribution is 5.06. The lowest BCUT2D eigenvalue weighted by atomic mass is 9.68. The molecule has 2 aliphatic carbocycles. The Kier molecular flexibility index (Phi) is 5.15. The SMILES string of the molecule is CCCCCCC1(C2CCCCC2C)CC1CC. The molecule has 0 aromatic heterocycles. The average Bonchev–Trinajstić information content (AvgIpc) is 3.10. The number of rotatable bonds is 7. The van der Waals surface area contributed by atoms with Crippen LogP contribution in [0, 0.1) is 23.2 Å². The fraction of sp³-hybridized carbons (Fsp3) is 1.00. The maximum atomic E-state index is 2.54. The van der Waals surface area contributed by atoms with E-state index in [4.69, 9.17) is 0 Å². The molecule has 0 aliphatic heterocycles. The van der Waals surface area contributed by atoms with E-state index in [1.165, 1.54) is 51.4 Å². The summed E-state index contributed by atoms with van der Waals surface area (Å²) in [6, 6.07) is 0. The van der Waals surface area contributed by atoms with Crippen molar-refractivity contribution in [3.05, 3.63) is 0 Å². The largest absolute Gasteiger partial charge is 0.0654 e. The molecule has 0 heteroatoms. The summed E-state index contributed by atoms with van der Waals surface area (Å²) >= 11 is 0. The zero-order valence-electron chi connectivity index (χ0n) is 13.0. The van der Waals surface area contributed by atoms with E-state index in [-0.39, 0.29) is 0 Å². The van der Waals surface area contributed by atoms with Crippen LogP contribution in [0.4, 0.5) is 0 Å². The van der Waals surface area contributed by atoms with E-state index in [1.807, 2.05) is 0 Å². The molecule has 0 saturated heterocycles. The van der Waals surface area contributed by atoms with Crippen molar-refractivity contribution in [3.63, 3.8) is 0 Å². The first-order valence-electron chi connectivity index (χ1n) is 8.74. The predicted octanol–water partition coefficient (Wildman–Crippen LogP) is 6.20. The minimum Gasteiger partial charge on any atom is -0.0654 e. The Labute approximate surface area is 115 Å². The van der Waals surface area contributed by atoms with Crippen LogP contribution in [0.2, 0.25) is 0 Å². The lowest BCUT2D eigenvalue weighted by molar-refractivity contribution is 0.130. The van der Waals surface area contributed by atoms with Crippen LogP contribution in [-0.4, -0.2) is 0 Å². The van der Waals surface area contributed by atoms with Crippen molar-refractivity contribution in [1.29, 1.82) is 0 Å². The van der Waals surface area contributed by atoms with Crippen LogP contribution >= 0.6 is 0 Å². The van der Waals surface area contributed by atoms with Gasteiger partial charge in [0.25, 0.3) is 0 Å². The maximum Gasteiger partial charge on any atom is -0.0235 e. The van der Waals surface area contributed by atoms with E-state index >= 15 is 0 Å². The van der Waals surface area contributed by atoms with E-state index in [0.29, 0.717) is 0 Å². The molecule has 106 valence electrons. The lowest BCUT2D eigenvalue weighted by Crippen LogP contribution is -2.28. The molecule has 2 rings (SSSR count). The molecule has 0 heterocycles. The Morgan fingerprint density at radius 3 is 2.39 bits per heavy atom. The van der Waals surface area contributed by atoms with Crippen LogP contribution in [0.5, 0.6) is 0 Å². The third kappa shape index (κ3) is 2.94. The van der Waals surface area contributed by atoms with Gasteiger partial charge in [0.1, 0.15) is 0 Å². The summed E-state index contributed by atoms with van der Waals surface area (Å²) < 4.78 is 0. The summed E-state index contributed by atoms with van der Waals surface area (Å²) in [5, 5.41) is 0. The highest BCUT2D eigenvalue weighted by atomic mass is 14.6. The van der Waals surface area contributed by atoms with Gasteiger partial charge in [-0.05, 0) is 42.4 Å². The molecule has 0 aromatic rings. The van der Waals surface area contributed by atoms with Crippen molar-refractivity contribution in [2.45, 2.75) is 91.4 Å². The van der Waals surface area contributed by atoms with Crippen LogP contribution in [0.3, 0.4) is 0 Å². The number of hydrogen-bond acceptors (Lipinski definition) is 0. The summed E-state index contributed by atoms with van der Waals surface area (Å²) in [5.41, 5.74) is 0.808. The molecule has 4 unspecified atom stereocenters. The highest BCUT2D eigenvalue weighted by Gasteiger charge is 2.57. The van der Waals surface area contributed by atoms with Gasteiger partial charge in [0.15, 0.2) is 0 Å². The molecule has 18 heavy (non-hydrogen) atoms. The first kappa shape index (κ1) is 14.4. The minimum atomic E-state index is 0.808. The zero-order chi connectivity index (χ0) is 13.0. The maximum absolute atomic E-state index is 2.54. The summed E-state index contributed by atoms with van der Waals surface area (Å²) in [7, 11) is 0. The lowest BCUT2D eigenvalue weighted by Gasteiger charge is -2.37. The molecule has 0 bridgehead atoms. The molecule has 0 nitrogen and oxygen atoms in total. The standard InChI is InChI=1S/C18H34/c1-4-6-7-10-13-18(14-16(18)5-2)17-12-9-8-11-15(17)3/h15-17H,4-14H2,1-3H3. The van der Waals surface area contributed by atoms with Crippen LogP contribution in [0.15, 0.2) is 0 Å². The third-order valence-corrected chi connectivity index (χ3v) is 6.12. The van der Waals surface area contributed by atoms with E-state index < -0.39 is 0 Å². The topological polar surface area (TPSA) is 0 Å². The van der Waals surface area contributed by atoms with E-state index in [0.717, 1.165) is 23.2 Å². The summed E-state index contributed by atoms with van der Waals surface area (Å²) in [6.45, 7) is 7.29. The molecule has 0 aromatic carbocycles. The Morgan fingerprint density at radius 1 is 1.00 bits per heavy atom. The number of unbranched alkanes of at least 4 members (excludes halogenated alkanes) is 3. The van der Waals surface area contributed by atoms with E-state index in [2.05, 4.69) is 20.8 Å². The number of hydrogen-bond donors (Lipinski definition) is 0. The smallest absolute Gasteiger partial charge is 0.0235 e. The molecular formula is C18H34. The Morgan fingerprint density at radius 2 is 1.78 bits per heavy atom. The van der Waals surface area contributed by atoms with Crippen molar-refractivity contribution in [2.24, 2.45) is 23.2 Å².